The number of carbonyl (C=O) groups is 1. The van der Waals surface area contributed by atoms with Crippen molar-refractivity contribution >= 4 is 17.4 Å². The predicted molar refractivity (Wildman–Crippen MR) is 115 cm³/mol. The molecular weight excluding hydrogens is 364 g/mol. The molecule has 0 fully saturated rings. The lowest BCUT2D eigenvalue weighted by Crippen LogP contribution is -2.22. The zero-order valence-corrected chi connectivity index (χ0v) is 16.5. The molecule has 0 aliphatic rings. The molecule has 1 aromatic heterocycles. The first-order valence-electron chi connectivity index (χ1n) is 9.19. The third-order valence-corrected chi connectivity index (χ3v) is 4.44. The van der Waals surface area contributed by atoms with Crippen molar-refractivity contribution in [1.82, 2.24) is 4.98 Å². The van der Waals surface area contributed by atoms with Crippen LogP contribution >= 0.6 is 0 Å². The summed E-state index contributed by atoms with van der Waals surface area (Å²) in [5.74, 6) is 0. The maximum atomic E-state index is 12.4. The van der Waals surface area contributed by atoms with E-state index in [1.165, 1.54) is 0 Å². The van der Waals surface area contributed by atoms with Crippen molar-refractivity contribution in [3.63, 3.8) is 0 Å². The van der Waals surface area contributed by atoms with E-state index in [1.807, 2.05) is 51.1 Å². The zero-order chi connectivity index (χ0) is 21.0. The van der Waals surface area contributed by atoms with E-state index in [4.69, 9.17) is 0 Å². The number of hydrogen-bond donors (Lipinski definition) is 3. The Labute approximate surface area is 169 Å². The standard InChI is InChI=1S/C23H22N4O2/c1-23(2,3)20-13-18(19(14-24)21(28)27-20)15-9-11-17(12-10-15)26-22(29)25-16-7-5-4-6-8-16/h4-13H,1-3H3,(H,27,28)(H2,25,26,29). The normalized spacial score (nSPS) is 10.8. The molecule has 1 heterocycles. The number of benzene rings is 2. The Kier molecular flexibility index (Phi) is 5.51. The summed E-state index contributed by atoms with van der Waals surface area (Å²) >= 11 is 0. The highest BCUT2D eigenvalue weighted by atomic mass is 16.2. The maximum Gasteiger partial charge on any atom is 0.323 e. The van der Waals surface area contributed by atoms with Gasteiger partial charge in [0.15, 0.2) is 0 Å². The number of aromatic nitrogens is 1. The van der Waals surface area contributed by atoms with Crippen molar-refractivity contribution < 1.29 is 4.79 Å². The monoisotopic (exact) mass is 386 g/mol. The molecule has 29 heavy (non-hydrogen) atoms. The number of nitrogens with zero attached hydrogens (tertiary/aromatic N) is 1. The van der Waals surface area contributed by atoms with Gasteiger partial charge in [0.2, 0.25) is 0 Å². The minimum absolute atomic E-state index is 0.0699. The minimum Gasteiger partial charge on any atom is -0.325 e. The summed E-state index contributed by atoms with van der Waals surface area (Å²) in [6.45, 7) is 5.98. The first kappa shape index (κ1) is 19.9. The van der Waals surface area contributed by atoms with Gasteiger partial charge in [-0.3, -0.25) is 4.79 Å². The van der Waals surface area contributed by atoms with Crippen LogP contribution in [0.25, 0.3) is 11.1 Å². The summed E-state index contributed by atoms with van der Waals surface area (Å²) in [4.78, 5) is 27.3. The maximum absolute atomic E-state index is 12.4. The first-order chi connectivity index (χ1) is 13.8. The molecule has 0 spiro atoms. The number of anilines is 2. The molecule has 0 atom stereocenters. The summed E-state index contributed by atoms with van der Waals surface area (Å²) in [6, 6.07) is 19.6. The van der Waals surface area contributed by atoms with Crippen LogP contribution in [0.15, 0.2) is 65.5 Å². The van der Waals surface area contributed by atoms with Gasteiger partial charge in [-0.15, -0.1) is 0 Å². The lowest BCUT2D eigenvalue weighted by atomic mass is 9.89. The topological polar surface area (TPSA) is 97.8 Å². The van der Waals surface area contributed by atoms with E-state index in [9.17, 15) is 14.9 Å². The number of urea groups is 1. The molecule has 6 heteroatoms. The third kappa shape index (κ3) is 4.71. The van der Waals surface area contributed by atoms with E-state index in [0.29, 0.717) is 16.9 Å². The van der Waals surface area contributed by atoms with Gasteiger partial charge >= 0.3 is 6.03 Å². The van der Waals surface area contributed by atoms with Crippen molar-refractivity contribution in [2.75, 3.05) is 10.6 Å². The van der Waals surface area contributed by atoms with E-state index in [2.05, 4.69) is 15.6 Å². The molecule has 0 bridgehead atoms. The van der Waals surface area contributed by atoms with E-state index in [-0.39, 0.29) is 17.0 Å². The fourth-order valence-electron chi connectivity index (χ4n) is 2.85. The number of rotatable bonds is 3. The average Bonchev–Trinajstić information content (AvgIpc) is 2.68. The van der Waals surface area contributed by atoms with E-state index < -0.39 is 5.56 Å². The Balaban J connectivity index is 1.85. The Morgan fingerprint density at radius 3 is 2.10 bits per heavy atom. The van der Waals surface area contributed by atoms with Gasteiger partial charge in [0.25, 0.3) is 5.56 Å². The van der Waals surface area contributed by atoms with Gasteiger partial charge in [-0.1, -0.05) is 51.1 Å². The number of pyridine rings is 1. The van der Waals surface area contributed by atoms with Gasteiger partial charge < -0.3 is 15.6 Å². The molecule has 0 unspecified atom stereocenters. The molecule has 6 nitrogen and oxygen atoms in total. The number of nitrogens with one attached hydrogen (secondary N) is 3. The second-order valence-electron chi connectivity index (χ2n) is 7.69. The van der Waals surface area contributed by atoms with Crippen molar-refractivity contribution in [2.24, 2.45) is 0 Å². The molecule has 0 aliphatic heterocycles. The summed E-state index contributed by atoms with van der Waals surface area (Å²) in [6.07, 6.45) is 0. The van der Waals surface area contributed by atoms with Crippen LogP contribution in [0.3, 0.4) is 0 Å². The van der Waals surface area contributed by atoms with Crippen LogP contribution in [-0.2, 0) is 5.41 Å². The smallest absolute Gasteiger partial charge is 0.323 e. The van der Waals surface area contributed by atoms with Gasteiger partial charge in [0.05, 0.1) is 0 Å². The van der Waals surface area contributed by atoms with E-state index >= 15 is 0 Å². The molecule has 3 N–H and O–H groups in total. The molecule has 0 saturated carbocycles. The van der Waals surface area contributed by atoms with Gasteiger partial charge in [-0.2, -0.15) is 5.26 Å². The fraction of sp³-hybridized carbons (Fsp3) is 0.174. The number of nitriles is 1. The van der Waals surface area contributed by atoms with Crippen molar-refractivity contribution in [3.05, 3.63) is 82.3 Å². The highest BCUT2D eigenvalue weighted by molar-refractivity contribution is 5.99. The van der Waals surface area contributed by atoms with Gasteiger partial charge in [0, 0.05) is 28.0 Å². The summed E-state index contributed by atoms with van der Waals surface area (Å²) in [7, 11) is 0. The fourth-order valence-corrected chi connectivity index (χ4v) is 2.85. The van der Waals surface area contributed by atoms with Crippen LogP contribution in [-0.4, -0.2) is 11.0 Å². The van der Waals surface area contributed by atoms with Crippen molar-refractivity contribution in [2.45, 2.75) is 26.2 Å². The molecular formula is C23H22N4O2. The third-order valence-electron chi connectivity index (χ3n) is 4.44. The number of amides is 2. The summed E-state index contributed by atoms with van der Waals surface area (Å²) in [5.41, 5.74) is 2.74. The molecule has 3 aromatic rings. The van der Waals surface area contributed by atoms with Crippen LogP contribution in [0.2, 0.25) is 0 Å². The lowest BCUT2D eigenvalue weighted by Gasteiger charge is -2.20. The number of hydrogen-bond acceptors (Lipinski definition) is 3. The molecule has 0 radical (unpaired) electrons. The van der Waals surface area contributed by atoms with Crippen LogP contribution in [0.4, 0.5) is 16.2 Å². The van der Waals surface area contributed by atoms with Gasteiger partial charge in [-0.25, -0.2) is 4.79 Å². The Morgan fingerprint density at radius 1 is 0.966 bits per heavy atom. The van der Waals surface area contributed by atoms with Gasteiger partial charge in [0.1, 0.15) is 11.6 Å². The highest BCUT2D eigenvalue weighted by Crippen LogP contribution is 2.28. The van der Waals surface area contributed by atoms with Crippen LogP contribution < -0.4 is 16.2 Å². The molecule has 2 amide bonds. The van der Waals surface area contributed by atoms with Crippen LogP contribution in [0.5, 0.6) is 0 Å². The zero-order valence-electron chi connectivity index (χ0n) is 16.5. The van der Waals surface area contributed by atoms with Crippen molar-refractivity contribution in [1.29, 1.82) is 5.26 Å². The predicted octanol–water partition coefficient (Wildman–Crippen LogP) is 4.86. The Hall–Kier alpha value is -3.85. The van der Waals surface area contributed by atoms with E-state index in [0.717, 1.165) is 11.3 Å². The summed E-state index contributed by atoms with van der Waals surface area (Å²) in [5, 5.41) is 14.9. The molecule has 3 rings (SSSR count). The number of aromatic amines is 1. The van der Waals surface area contributed by atoms with Crippen molar-refractivity contribution in [3.8, 4) is 17.2 Å². The number of carbonyl (C=O) groups excluding carboxylic acids is 1. The Bertz CT molecular complexity index is 1120. The second-order valence-corrected chi connectivity index (χ2v) is 7.69. The highest BCUT2D eigenvalue weighted by Gasteiger charge is 2.19. The first-order valence-corrected chi connectivity index (χ1v) is 9.19. The molecule has 0 saturated heterocycles. The van der Waals surface area contributed by atoms with Crippen LogP contribution in [0.1, 0.15) is 32.0 Å². The number of H-pyrrole nitrogens is 1. The lowest BCUT2D eigenvalue weighted by molar-refractivity contribution is 0.262. The molecule has 2 aromatic carbocycles. The Morgan fingerprint density at radius 2 is 1.55 bits per heavy atom. The largest absolute Gasteiger partial charge is 0.325 e. The molecule has 146 valence electrons. The summed E-state index contributed by atoms with van der Waals surface area (Å²) < 4.78 is 0. The average molecular weight is 386 g/mol. The minimum atomic E-state index is -0.403. The van der Waals surface area contributed by atoms with E-state index in [1.54, 1.807) is 36.4 Å². The SMILES string of the molecule is CC(C)(C)c1cc(-c2ccc(NC(=O)Nc3ccccc3)cc2)c(C#N)c(=O)[nH]1. The van der Waals surface area contributed by atoms with Gasteiger partial charge in [-0.05, 0) is 35.9 Å². The number of para-hydroxylation sites is 1. The van der Waals surface area contributed by atoms with Crippen LogP contribution in [0, 0.1) is 11.3 Å². The molecule has 0 aliphatic carbocycles. The quantitative estimate of drug-likeness (QED) is 0.600. The second kappa shape index (κ2) is 8.03.